The van der Waals surface area contributed by atoms with Crippen molar-refractivity contribution in [3.63, 3.8) is 0 Å². The van der Waals surface area contributed by atoms with Gasteiger partial charge in [0.05, 0.1) is 4.34 Å². The zero-order valence-corrected chi connectivity index (χ0v) is 11.1. The summed E-state index contributed by atoms with van der Waals surface area (Å²) in [6, 6.07) is 4.11. The lowest BCUT2D eigenvalue weighted by atomic mass is 10.1. The third-order valence-corrected chi connectivity index (χ3v) is 4.23. The normalized spacial score (nSPS) is 17.4. The highest BCUT2D eigenvalue weighted by Crippen LogP contribution is 2.21. The summed E-state index contributed by atoms with van der Waals surface area (Å²) >= 11 is 7.47. The van der Waals surface area contributed by atoms with Gasteiger partial charge in [0.15, 0.2) is 0 Å². The maximum atomic E-state index is 11.0. The number of thiophene rings is 1. The van der Waals surface area contributed by atoms with Crippen LogP contribution < -0.4 is 11.1 Å². The first-order valence-corrected chi connectivity index (χ1v) is 6.86. The lowest BCUT2D eigenvalue weighted by molar-refractivity contribution is 0.185. The quantitative estimate of drug-likeness (QED) is 0.885. The molecule has 1 aromatic heterocycles. The van der Waals surface area contributed by atoms with E-state index in [0.717, 1.165) is 36.8 Å². The molecular formula is C11H16ClN3OS. The van der Waals surface area contributed by atoms with Crippen molar-refractivity contribution < 1.29 is 4.79 Å². The number of primary amides is 1. The molecular weight excluding hydrogens is 258 g/mol. The van der Waals surface area contributed by atoms with E-state index < -0.39 is 0 Å². The fourth-order valence-corrected chi connectivity index (χ4v) is 3.03. The van der Waals surface area contributed by atoms with Gasteiger partial charge in [0.2, 0.25) is 0 Å². The van der Waals surface area contributed by atoms with Gasteiger partial charge < -0.3 is 16.0 Å². The second-order valence-corrected chi connectivity index (χ2v) is 5.99. The number of halogens is 1. The molecule has 2 rings (SSSR count). The Morgan fingerprint density at radius 1 is 1.53 bits per heavy atom. The van der Waals surface area contributed by atoms with Crippen LogP contribution in [0.25, 0.3) is 0 Å². The number of nitrogens with two attached hydrogens (primary N) is 1. The fourth-order valence-electron chi connectivity index (χ4n) is 2.00. The maximum Gasteiger partial charge on any atom is 0.314 e. The molecule has 17 heavy (non-hydrogen) atoms. The molecule has 1 saturated heterocycles. The number of carbonyl (C=O) groups is 1. The number of rotatable bonds is 3. The smallest absolute Gasteiger partial charge is 0.314 e. The maximum absolute atomic E-state index is 11.0. The van der Waals surface area contributed by atoms with Gasteiger partial charge in [0.1, 0.15) is 0 Å². The van der Waals surface area contributed by atoms with Crippen molar-refractivity contribution in [1.29, 1.82) is 0 Å². The average Bonchev–Trinajstić information content (AvgIpc) is 2.73. The molecule has 0 spiro atoms. The molecule has 2 amide bonds. The first kappa shape index (κ1) is 12.7. The molecule has 0 unspecified atom stereocenters. The van der Waals surface area contributed by atoms with Crippen molar-refractivity contribution >= 4 is 29.0 Å². The molecule has 94 valence electrons. The van der Waals surface area contributed by atoms with E-state index in [2.05, 4.69) is 5.32 Å². The van der Waals surface area contributed by atoms with Crippen LogP contribution in [0.15, 0.2) is 12.1 Å². The van der Waals surface area contributed by atoms with Crippen molar-refractivity contribution in [2.24, 2.45) is 5.73 Å². The van der Waals surface area contributed by atoms with E-state index in [9.17, 15) is 4.79 Å². The summed E-state index contributed by atoms with van der Waals surface area (Å²) in [5, 5.41) is 3.48. The Hall–Kier alpha value is -0.780. The molecule has 0 aromatic carbocycles. The largest absolute Gasteiger partial charge is 0.351 e. The summed E-state index contributed by atoms with van der Waals surface area (Å²) in [6.07, 6.45) is 1.92. The van der Waals surface area contributed by atoms with Crippen molar-refractivity contribution in [3.05, 3.63) is 21.3 Å². The van der Waals surface area contributed by atoms with Crippen molar-refractivity contribution in [2.75, 3.05) is 13.1 Å². The molecule has 3 N–H and O–H groups in total. The monoisotopic (exact) mass is 273 g/mol. The summed E-state index contributed by atoms with van der Waals surface area (Å²) in [4.78, 5) is 13.9. The van der Waals surface area contributed by atoms with Gasteiger partial charge in [-0.05, 0) is 25.0 Å². The number of urea groups is 1. The SMILES string of the molecule is NC(=O)N1CCC(NCc2ccc(Cl)s2)CC1. The Labute approximate surface area is 110 Å². The lowest BCUT2D eigenvalue weighted by Gasteiger charge is -2.31. The Morgan fingerprint density at radius 3 is 2.76 bits per heavy atom. The summed E-state index contributed by atoms with van der Waals surface area (Å²) < 4.78 is 0.824. The summed E-state index contributed by atoms with van der Waals surface area (Å²) in [5.74, 6) is 0. The van der Waals surface area contributed by atoms with Gasteiger partial charge in [-0.2, -0.15) is 0 Å². The molecule has 1 aliphatic rings. The van der Waals surface area contributed by atoms with Gasteiger partial charge in [-0.3, -0.25) is 0 Å². The van der Waals surface area contributed by atoms with Crippen LogP contribution in [0.2, 0.25) is 4.34 Å². The number of hydrogen-bond acceptors (Lipinski definition) is 3. The third kappa shape index (κ3) is 3.59. The van der Waals surface area contributed by atoms with Crippen LogP contribution in [-0.2, 0) is 6.54 Å². The van der Waals surface area contributed by atoms with Crippen LogP contribution >= 0.6 is 22.9 Å². The summed E-state index contributed by atoms with van der Waals surface area (Å²) in [7, 11) is 0. The Balaban J connectivity index is 1.73. The van der Waals surface area contributed by atoms with Gasteiger partial charge in [0, 0.05) is 30.6 Å². The van der Waals surface area contributed by atoms with Crippen molar-refractivity contribution in [3.8, 4) is 0 Å². The predicted octanol–water partition coefficient (Wildman–Crippen LogP) is 2.03. The standard InChI is InChI=1S/C11H16ClN3OS/c12-10-2-1-9(17-10)7-14-8-3-5-15(6-4-8)11(13)16/h1-2,8,14H,3-7H2,(H2,13,16). The van der Waals surface area contributed by atoms with Gasteiger partial charge in [-0.25, -0.2) is 4.79 Å². The minimum atomic E-state index is -0.312. The molecule has 0 radical (unpaired) electrons. The van der Waals surface area contributed by atoms with Gasteiger partial charge in [-0.1, -0.05) is 11.6 Å². The van der Waals surface area contributed by atoms with E-state index >= 15 is 0 Å². The van der Waals surface area contributed by atoms with Crippen LogP contribution in [-0.4, -0.2) is 30.1 Å². The van der Waals surface area contributed by atoms with E-state index in [-0.39, 0.29) is 6.03 Å². The molecule has 0 aliphatic carbocycles. The molecule has 6 heteroatoms. The van der Waals surface area contributed by atoms with Crippen LogP contribution in [0.4, 0.5) is 4.79 Å². The van der Waals surface area contributed by atoms with Crippen molar-refractivity contribution in [2.45, 2.75) is 25.4 Å². The average molecular weight is 274 g/mol. The van der Waals surface area contributed by atoms with E-state index in [1.165, 1.54) is 4.88 Å². The molecule has 1 fully saturated rings. The summed E-state index contributed by atoms with van der Waals surface area (Å²) in [5.41, 5.74) is 5.23. The zero-order chi connectivity index (χ0) is 12.3. The molecule has 2 heterocycles. The number of nitrogens with zero attached hydrogens (tertiary/aromatic N) is 1. The number of carbonyl (C=O) groups excluding carboxylic acids is 1. The highest BCUT2D eigenvalue weighted by atomic mass is 35.5. The Morgan fingerprint density at radius 2 is 2.24 bits per heavy atom. The van der Waals surface area contributed by atoms with Crippen LogP contribution in [0.5, 0.6) is 0 Å². The number of likely N-dealkylation sites (tertiary alicyclic amines) is 1. The second-order valence-electron chi connectivity index (χ2n) is 4.19. The molecule has 1 aromatic rings. The van der Waals surface area contributed by atoms with Crippen LogP contribution in [0.1, 0.15) is 17.7 Å². The fraction of sp³-hybridized carbons (Fsp3) is 0.545. The first-order valence-electron chi connectivity index (χ1n) is 5.67. The minimum absolute atomic E-state index is 0.312. The van der Waals surface area contributed by atoms with E-state index in [0.29, 0.717) is 6.04 Å². The predicted molar refractivity (Wildman–Crippen MR) is 70.3 cm³/mol. The van der Waals surface area contributed by atoms with Gasteiger partial charge >= 0.3 is 6.03 Å². The van der Waals surface area contributed by atoms with Crippen LogP contribution in [0.3, 0.4) is 0 Å². The summed E-state index contributed by atoms with van der Waals surface area (Å²) in [6.45, 7) is 2.34. The van der Waals surface area contributed by atoms with E-state index in [1.807, 2.05) is 12.1 Å². The number of amides is 2. The molecule has 0 atom stereocenters. The number of hydrogen-bond donors (Lipinski definition) is 2. The molecule has 0 saturated carbocycles. The Kier molecular flexibility index (Phi) is 4.25. The Bertz CT molecular complexity index is 388. The molecule has 4 nitrogen and oxygen atoms in total. The molecule has 1 aliphatic heterocycles. The van der Waals surface area contributed by atoms with Gasteiger partial charge in [0.25, 0.3) is 0 Å². The van der Waals surface area contributed by atoms with Gasteiger partial charge in [-0.15, -0.1) is 11.3 Å². The highest BCUT2D eigenvalue weighted by molar-refractivity contribution is 7.16. The second kappa shape index (κ2) is 5.71. The highest BCUT2D eigenvalue weighted by Gasteiger charge is 2.20. The minimum Gasteiger partial charge on any atom is -0.351 e. The van der Waals surface area contributed by atoms with E-state index in [4.69, 9.17) is 17.3 Å². The van der Waals surface area contributed by atoms with E-state index in [1.54, 1.807) is 16.2 Å². The zero-order valence-electron chi connectivity index (χ0n) is 9.49. The third-order valence-electron chi connectivity index (χ3n) is 3.00. The number of nitrogens with one attached hydrogen (secondary N) is 1. The first-order chi connectivity index (χ1) is 8.15. The topological polar surface area (TPSA) is 58.4 Å². The number of piperidine rings is 1. The van der Waals surface area contributed by atoms with Crippen molar-refractivity contribution in [1.82, 2.24) is 10.2 Å². The molecule has 0 bridgehead atoms. The lowest BCUT2D eigenvalue weighted by Crippen LogP contribution is -2.46. The van der Waals surface area contributed by atoms with Crippen LogP contribution in [0, 0.1) is 0 Å².